The van der Waals surface area contributed by atoms with Gasteiger partial charge in [0.1, 0.15) is 0 Å². The van der Waals surface area contributed by atoms with Crippen LogP contribution in [0, 0.1) is 20.8 Å². The van der Waals surface area contributed by atoms with E-state index in [2.05, 4.69) is 69.1 Å². The second-order valence-electron chi connectivity index (χ2n) is 6.76. The molecule has 2 heteroatoms. The predicted octanol–water partition coefficient (Wildman–Crippen LogP) is 3.87. The smallest absolute Gasteiger partial charge is 0.0876 e. The first kappa shape index (κ1) is 15.3. The Bertz CT molecular complexity index is 669. The summed E-state index contributed by atoms with van der Waals surface area (Å²) in [6.45, 7) is 8.18. The first-order valence-electron chi connectivity index (χ1n) is 7.99. The van der Waals surface area contributed by atoms with Gasteiger partial charge in [-0.3, -0.25) is 0 Å². The van der Waals surface area contributed by atoms with E-state index in [1.807, 2.05) is 0 Å². The van der Waals surface area contributed by atoms with Gasteiger partial charge >= 0.3 is 0 Å². The Morgan fingerprint density at radius 2 is 1.73 bits per heavy atom. The summed E-state index contributed by atoms with van der Waals surface area (Å²) in [6.07, 6.45) is -0.454. The van der Waals surface area contributed by atoms with E-state index in [1.165, 1.54) is 27.8 Å². The van der Waals surface area contributed by atoms with Crippen molar-refractivity contribution in [3.8, 4) is 0 Å². The van der Waals surface area contributed by atoms with Gasteiger partial charge in [0.2, 0.25) is 0 Å². The standard InChI is InChI=1S/C20H25NO/c1-13-9-14(2)19(15(3)10-13)20(22)18-12-21(4)11-16-7-5-6-8-17(16)18/h5-10,18,20,22H,11-12H2,1-4H3. The highest BCUT2D eigenvalue weighted by molar-refractivity contribution is 5.42. The molecule has 0 saturated heterocycles. The summed E-state index contributed by atoms with van der Waals surface area (Å²) in [6, 6.07) is 12.9. The Morgan fingerprint density at radius 3 is 2.41 bits per heavy atom. The zero-order chi connectivity index (χ0) is 15.9. The second kappa shape index (κ2) is 5.86. The summed E-state index contributed by atoms with van der Waals surface area (Å²) in [5.41, 5.74) is 7.37. The normalized spacial score (nSPS) is 19.8. The van der Waals surface area contributed by atoms with Gasteiger partial charge < -0.3 is 10.0 Å². The van der Waals surface area contributed by atoms with E-state index in [1.54, 1.807) is 0 Å². The van der Waals surface area contributed by atoms with Crippen LogP contribution in [0.15, 0.2) is 36.4 Å². The van der Waals surface area contributed by atoms with E-state index in [4.69, 9.17) is 0 Å². The zero-order valence-electron chi connectivity index (χ0n) is 13.9. The molecule has 0 fully saturated rings. The summed E-state index contributed by atoms with van der Waals surface area (Å²) < 4.78 is 0. The van der Waals surface area contributed by atoms with Gasteiger partial charge in [-0.25, -0.2) is 0 Å². The van der Waals surface area contributed by atoms with Crippen molar-refractivity contribution in [3.63, 3.8) is 0 Å². The molecule has 3 rings (SSSR count). The molecule has 1 aliphatic heterocycles. The van der Waals surface area contributed by atoms with E-state index in [0.717, 1.165) is 18.7 Å². The maximum Gasteiger partial charge on any atom is 0.0876 e. The number of hydrogen-bond donors (Lipinski definition) is 1. The molecule has 2 unspecified atom stereocenters. The molecule has 2 aromatic carbocycles. The van der Waals surface area contributed by atoms with Crippen molar-refractivity contribution in [2.45, 2.75) is 39.3 Å². The lowest BCUT2D eigenvalue weighted by Gasteiger charge is -2.36. The SMILES string of the molecule is Cc1cc(C)c(C(O)C2CN(C)Cc3ccccc32)c(C)c1. The molecule has 0 amide bonds. The summed E-state index contributed by atoms with van der Waals surface area (Å²) in [5, 5.41) is 11.1. The minimum Gasteiger partial charge on any atom is -0.388 e. The van der Waals surface area contributed by atoms with Gasteiger partial charge in [-0.15, -0.1) is 0 Å². The third-order valence-electron chi connectivity index (χ3n) is 4.82. The molecule has 0 spiro atoms. The summed E-state index contributed by atoms with van der Waals surface area (Å²) in [5.74, 6) is 0.134. The molecule has 2 aromatic rings. The number of hydrogen-bond acceptors (Lipinski definition) is 2. The Balaban J connectivity index is 2.05. The fraction of sp³-hybridized carbons (Fsp3) is 0.400. The molecule has 1 aliphatic rings. The fourth-order valence-electron chi connectivity index (χ4n) is 3.96. The maximum absolute atomic E-state index is 11.1. The highest BCUT2D eigenvalue weighted by Crippen LogP contribution is 2.39. The Morgan fingerprint density at radius 1 is 1.09 bits per heavy atom. The van der Waals surface area contributed by atoms with E-state index in [-0.39, 0.29) is 5.92 Å². The van der Waals surface area contributed by atoms with Gasteiger partial charge in [0.15, 0.2) is 0 Å². The van der Waals surface area contributed by atoms with Crippen LogP contribution in [-0.4, -0.2) is 23.6 Å². The molecular weight excluding hydrogens is 270 g/mol. The van der Waals surface area contributed by atoms with Gasteiger partial charge in [-0.1, -0.05) is 42.0 Å². The molecular formula is C20H25NO. The number of rotatable bonds is 2. The second-order valence-corrected chi connectivity index (χ2v) is 6.76. The molecule has 2 atom stereocenters. The number of likely N-dealkylation sites (N-methyl/N-ethyl adjacent to an activating group) is 1. The Labute approximate surface area is 133 Å². The van der Waals surface area contributed by atoms with Crippen LogP contribution < -0.4 is 0 Å². The van der Waals surface area contributed by atoms with E-state index in [9.17, 15) is 5.11 Å². The van der Waals surface area contributed by atoms with Gasteiger partial charge in [0.25, 0.3) is 0 Å². The molecule has 0 radical (unpaired) electrons. The minimum atomic E-state index is -0.454. The van der Waals surface area contributed by atoms with E-state index < -0.39 is 6.10 Å². The number of aliphatic hydroxyl groups excluding tert-OH is 1. The molecule has 0 aromatic heterocycles. The number of aryl methyl sites for hydroxylation is 3. The molecule has 116 valence electrons. The third kappa shape index (κ3) is 2.69. The number of benzene rings is 2. The third-order valence-corrected chi connectivity index (χ3v) is 4.82. The van der Waals surface area contributed by atoms with Crippen molar-refractivity contribution in [3.05, 3.63) is 69.8 Å². The lowest BCUT2D eigenvalue weighted by atomic mass is 9.81. The quantitative estimate of drug-likeness (QED) is 0.909. The van der Waals surface area contributed by atoms with Crippen molar-refractivity contribution >= 4 is 0 Å². The first-order chi connectivity index (χ1) is 10.5. The fourth-order valence-corrected chi connectivity index (χ4v) is 3.96. The van der Waals surface area contributed by atoms with Crippen molar-refractivity contribution in [2.24, 2.45) is 0 Å². The van der Waals surface area contributed by atoms with Crippen LogP contribution in [0.4, 0.5) is 0 Å². The topological polar surface area (TPSA) is 23.5 Å². The van der Waals surface area contributed by atoms with E-state index in [0.29, 0.717) is 0 Å². The van der Waals surface area contributed by atoms with Crippen LogP contribution in [0.1, 0.15) is 45.4 Å². The number of fused-ring (bicyclic) bond motifs is 1. The van der Waals surface area contributed by atoms with Crippen molar-refractivity contribution in [1.82, 2.24) is 4.90 Å². The molecule has 0 bridgehead atoms. The van der Waals surface area contributed by atoms with Gasteiger partial charge in [0, 0.05) is 19.0 Å². The van der Waals surface area contributed by atoms with Crippen LogP contribution in [0.3, 0.4) is 0 Å². The van der Waals surface area contributed by atoms with E-state index >= 15 is 0 Å². The van der Waals surface area contributed by atoms with Crippen molar-refractivity contribution in [2.75, 3.05) is 13.6 Å². The van der Waals surface area contributed by atoms with Gasteiger partial charge in [-0.2, -0.15) is 0 Å². The maximum atomic E-state index is 11.1. The molecule has 0 saturated carbocycles. The van der Waals surface area contributed by atoms with Crippen molar-refractivity contribution in [1.29, 1.82) is 0 Å². The molecule has 1 N–H and O–H groups in total. The lowest BCUT2D eigenvalue weighted by Crippen LogP contribution is -2.33. The van der Waals surface area contributed by atoms with Crippen molar-refractivity contribution < 1.29 is 5.11 Å². The molecule has 1 heterocycles. The van der Waals surface area contributed by atoms with Crippen LogP contribution >= 0.6 is 0 Å². The average molecular weight is 295 g/mol. The highest BCUT2D eigenvalue weighted by atomic mass is 16.3. The van der Waals surface area contributed by atoms with Gasteiger partial charge in [-0.05, 0) is 55.6 Å². The average Bonchev–Trinajstić information content (AvgIpc) is 2.45. The first-order valence-corrected chi connectivity index (χ1v) is 7.99. The van der Waals surface area contributed by atoms with Crippen LogP contribution in [0.2, 0.25) is 0 Å². The minimum absolute atomic E-state index is 0.134. The largest absolute Gasteiger partial charge is 0.388 e. The Kier molecular flexibility index (Phi) is 4.07. The molecule has 22 heavy (non-hydrogen) atoms. The van der Waals surface area contributed by atoms with Gasteiger partial charge in [0.05, 0.1) is 6.10 Å². The van der Waals surface area contributed by atoms with Crippen LogP contribution in [-0.2, 0) is 6.54 Å². The lowest BCUT2D eigenvalue weighted by molar-refractivity contribution is 0.112. The number of nitrogens with zero attached hydrogens (tertiary/aromatic N) is 1. The molecule has 0 aliphatic carbocycles. The molecule has 2 nitrogen and oxygen atoms in total. The zero-order valence-corrected chi connectivity index (χ0v) is 13.9. The van der Waals surface area contributed by atoms with Crippen LogP contribution in [0.5, 0.6) is 0 Å². The summed E-state index contributed by atoms with van der Waals surface area (Å²) in [4.78, 5) is 2.30. The number of aliphatic hydroxyl groups is 1. The predicted molar refractivity (Wildman–Crippen MR) is 91.1 cm³/mol. The van der Waals surface area contributed by atoms with Crippen LogP contribution in [0.25, 0.3) is 0 Å². The highest BCUT2D eigenvalue weighted by Gasteiger charge is 2.31. The summed E-state index contributed by atoms with van der Waals surface area (Å²) in [7, 11) is 2.13. The summed E-state index contributed by atoms with van der Waals surface area (Å²) >= 11 is 0. The monoisotopic (exact) mass is 295 g/mol. The Hall–Kier alpha value is -1.64.